The van der Waals surface area contributed by atoms with Gasteiger partial charge in [0, 0.05) is 6.08 Å². The van der Waals surface area contributed by atoms with E-state index in [1.54, 1.807) is 0 Å². The monoisotopic (exact) mass is 338 g/mol. The zero-order chi connectivity index (χ0) is 16.9. The molecule has 120 valence electrons. The Morgan fingerprint density at radius 1 is 1.08 bits per heavy atom. The summed E-state index contributed by atoms with van der Waals surface area (Å²) in [7, 11) is 1.28. The molecule has 1 aliphatic rings. The number of amides is 1. The van der Waals surface area contributed by atoms with Crippen LogP contribution in [-0.2, 0) is 14.3 Å². The second-order valence-electron chi connectivity index (χ2n) is 4.84. The van der Waals surface area contributed by atoms with E-state index >= 15 is 0 Å². The summed E-state index contributed by atoms with van der Waals surface area (Å²) >= 11 is 1.15. The number of rotatable bonds is 3. The zero-order valence-electron chi connectivity index (χ0n) is 12.9. The smallest absolute Gasteiger partial charge is 0.331 e. The van der Waals surface area contributed by atoms with E-state index in [4.69, 9.17) is 0 Å². The van der Waals surface area contributed by atoms with Crippen LogP contribution < -0.4 is 4.90 Å². The summed E-state index contributed by atoms with van der Waals surface area (Å²) < 4.78 is 4.62. The second kappa shape index (κ2) is 7.14. The lowest BCUT2D eigenvalue weighted by Crippen LogP contribution is -2.28. The summed E-state index contributed by atoms with van der Waals surface area (Å²) in [5, 5.41) is 0.493. The van der Waals surface area contributed by atoms with Gasteiger partial charge in [-0.1, -0.05) is 36.4 Å². The van der Waals surface area contributed by atoms with Crippen molar-refractivity contribution in [1.29, 1.82) is 0 Å². The lowest BCUT2D eigenvalue weighted by atomic mass is 10.3. The van der Waals surface area contributed by atoms with E-state index < -0.39 is 5.97 Å². The van der Waals surface area contributed by atoms with Crippen LogP contribution in [0.15, 0.2) is 76.6 Å². The molecule has 1 saturated heterocycles. The third kappa shape index (κ3) is 3.38. The number of aliphatic imine (C=N–C) groups is 1. The number of benzene rings is 2. The van der Waals surface area contributed by atoms with E-state index in [-0.39, 0.29) is 10.8 Å². The molecular weight excluding hydrogens is 324 g/mol. The van der Waals surface area contributed by atoms with E-state index in [1.807, 2.05) is 60.7 Å². The molecule has 0 aromatic heterocycles. The molecule has 0 spiro atoms. The molecule has 2 aromatic rings. The van der Waals surface area contributed by atoms with Gasteiger partial charge in [-0.15, -0.1) is 0 Å². The maximum atomic E-state index is 12.7. The summed E-state index contributed by atoms with van der Waals surface area (Å²) in [6.07, 6.45) is 1.19. The summed E-state index contributed by atoms with van der Waals surface area (Å²) in [4.78, 5) is 30.5. The standard InChI is InChI=1S/C18H14N2O3S/c1-23-16(21)12-15-17(22)20(14-10-6-3-7-11-14)18(24-15)19-13-8-4-2-5-9-13/h2-12H,1H3/b15-12-,19-18?. The Labute approximate surface area is 143 Å². The van der Waals surface area contributed by atoms with Gasteiger partial charge in [0.2, 0.25) is 0 Å². The van der Waals surface area contributed by atoms with Crippen LogP contribution >= 0.6 is 11.8 Å². The Bertz CT molecular complexity index is 817. The molecule has 1 aliphatic heterocycles. The summed E-state index contributed by atoms with van der Waals surface area (Å²) in [5.41, 5.74) is 1.42. The summed E-state index contributed by atoms with van der Waals surface area (Å²) in [5.74, 6) is -0.869. The zero-order valence-corrected chi connectivity index (χ0v) is 13.7. The fourth-order valence-electron chi connectivity index (χ4n) is 2.13. The molecule has 0 N–H and O–H groups in total. The highest BCUT2D eigenvalue weighted by Crippen LogP contribution is 2.36. The largest absolute Gasteiger partial charge is 0.466 e. The Morgan fingerprint density at radius 2 is 1.71 bits per heavy atom. The number of ether oxygens (including phenoxy) is 1. The minimum absolute atomic E-state index is 0.278. The first-order valence-corrected chi connectivity index (χ1v) is 8.01. The summed E-state index contributed by atoms with van der Waals surface area (Å²) in [6.45, 7) is 0. The number of carbonyl (C=O) groups excluding carboxylic acids is 2. The molecule has 0 atom stereocenters. The fraction of sp³-hybridized carbons (Fsp3) is 0.0556. The van der Waals surface area contributed by atoms with Crippen LogP contribution in [0.1, 0.15) is 0 Å². The van der Waals surface area contributed by atoms with E-state index in [0.29, 0.717) is 10.9 Å². The molecule has 1 heterocycles. The highest BCUT2D eigenvalue weighted by Gasteiger charge is 2.35. The third-order valence-electron chi connectivity index (χ3n) is 3.25. The maximum absolute atomic E-state index is 12.7. The summed E-state index contributed by atoms with van der Waals surface area (Å²) in [6, 6.07) is 18.5. The maximum Gasteiger partial charge on any atom is 0.331 e. The van der Waals surface area contributed by atoms with Crippen molar-refractivity contribution in [1.82, 2.24) is 0 Å². The van der Waals surface area contributed by atoms with E-state index in [2.05, 4.69) is 9.73 Å². The number of hydrogen-bond donors (Lipinski definition) is 0. The highest BCUT2D eigenvalue weighted by molar-refractivity contribution is 8.19. The van der Waals surface area contributed by atoms with Crippen LogP contribution in [0.2, 0.25) is 0 Å². The Morgan fingerprint density at radius 3 is 2.33 bits per heavy atom. The number of para-hydroxylation sites is 2. The quantitative estimate of drug-likeness (QED) is 0.635. The molecule has 0 radical (unpaired) electrons. The van der Waals surface area contributed by atoms with Gasteiger partial charge in [-0.25, -0.2) is 9.79 Å². The third-order valence-corrected chi connectivity index (χ3v) is 4.22. The molecule has 24 heavy (non-hydrogen) atoms. The topological polar surface area (TPSA) is 59.0 Å². The number of esters is 1. The van der Waals surface area contributed by atoms with Gasteiger partial charge in [-0.2, -0.15) is 0 Å². The van der Waals surface area contributed by atoms with Gasteiger partial charge in [0.25, 0.3) is 5.91 Å². The number of nitrogens with zero attached hydrogens (tertiary/aromatic N) is 2. The molecule has 6 heteroatoms. The Hall–Kier alpha value is -2.86. The number of hydrogen-bond acceptors (Lipinski definition) is 5. The minimum atomic E-state index is -0.570. The first-order chi connectivity index (χ1) is 11.7. The van der Waals surface area contributed by atoms with Gasteiger partial charge in [0.15, 0.2) is 5.17 Å². The second-order valence-corrected chi connectivity index (χ2v) is 5.85. The van der Waals surface area contributed by atoms with Crippen LogP contribution in [0, 0.1) is 0 Å². The van der Waals surface area contributed by atoms with Gasteiger partial charge in [-0.05, 0) is 36.0 Å². The lowest BCUT2D eigenvalue weighted by Gasteiger charge is -2.15. The number of amidine groups is 1. The predicted molar refractivity (Wildman–Crippen MR) is 95.2 cm³/mol. The van der Waals surface area contributed by atoms with Crippen LogP contribution in [0.25, 0.3) is 0 Å². The number of carbonyl (C=O) groups is 2. The highest BCUT2D eigenvalue weighted by atomic mass is 32.2. The van der Waals surface area contributed by atoms with Crippen molar-refractivity contribution in [3.05, 3.63) is 71.6 Å². The predicted octanol–water partition coefficient (Wildman–Crippen LogP) is 3.51. The number of thioether (sulfide) groups is 1. The van der Waals surface area contributed by atoms with Crippen molar-refractivity contribution < 1.29 is 14.3 Å². The SMILES string of the molecule is COC(=O)/C=C1\SC(=Nc2ccccc2)N(c2ccccc2)C1=O. The van der Waals surface area contributed by atoms with Gasteiger partial charge < -0.3 is 4.74 Å². The van der Waals surface area contributed by atoms with Crippen molar-refractivity contribution >= 4 is 40.2 Å². The molecule has 1 amide bonds. The first kappa shape index (κ1) is 16.0. The molecule has 0 saturated carbocycles. The minimum Gasteiger partial charge on any atom is -0.466 e. The normalized spacial score (nSPS) is 17.5. The van der Waals surface area contributed by atoms with Gasteiger partial charge >= 0.3 is 5.97 Å². The van der Waals surface area contributed by atoms with Crippen molar-refractivity contribution in [3.63, 3.8) is 0 Å². The molecular formula is C18H14N2O3S. The average Bonchev–Trinajstić information content (AvgIpc) is 2.91. The van der Waals surface area contributed by atoms with Gasteiger partial charge in [0.05, 0.1) is 23.4 Å². The Balaban J connectivity index is 2.04. The molecule has 5 nitrogen and oxygen atoms in total. The fourth-order valence-corrected chi connectivity index (χ4v) is 3.09. The average molecular weight is 338 g/mol. The molecule has 2 aromatic carbocycles. The van der Waals surface area contributed by atoms with Crippen molar-refractivity contribution in [2.45, 2.75) is 0 Å². The van der Waals surface area contributed by atoms with Gasteiger partial charge in [-0.3, -0.25) is 9.69 Å². The van der Waals surface area contributed by atoms with Crippen molar-refractivity contribution in [2.75, 3.05) is 12.0 Å². The van der Waals surface area contributed by atoms with Crippen LogP contribution in [-0.4, -0.2) is 24.2 Å². The lowest BCUT2D eigenvalue weighted by molar-refractivity contribution is -0.135. The van der Waals surface area contributed by atoms with Crippen molar-refractivity contribution in [2.24, 2.45) is 4.99 Å². The van der Waals surface area contributed by atoms with Crippen LogP contribution in [0.3, 0.4) is 0 Å². The molecule has 0 bridgehead atoms. The van der Waals surface area contributed by atoms with Gasteiger partial charge in [0.1, 0.15) is 0 Å². The Kier molecular flexibility index (Phi) is 4.77. The first-order valence-electron chi connectivity index (χ1n) is 7.20. The van der Waals surface area contributed by atoms with E-state index in [9.17, 15) is 9.59 Å². The molecule has 3 rings (SSSR count). The molecule has 0 aliphatic carbocycles. The van der Waals surface area contributed by atoms with E-state index in [0.717, 1.165) is 17.4 Å². The number of anilines is 1. The van der Waals surface area contributed by atoms with Crippen molar-refractivity contribution in [3.8, 4) is 0 Å². The molecule has 0 unspecified atom stereocenters. The molecule has 1 fully saturated rings. The van der Waals surface area contributed by atoms with Crippen LogP contribution in [0.5, 0.6) is 0 Å². The van der Waals surface area contributed by atoms with Crippen LogP contribution in [0.4, 0.5) is 11.4 Å². The van der Waals surface area contributed by atoms with E-state index in [1.165, 1.54) is 18.1 Å². The number of methoxy groups -OCH3 is 1.